The van der Waals surface area contributed by atoms with Crippen LogP contribution in [0.2, 0.25) is 0 Å². The minimum absolute atomic E-state index is 0.152. The van der Waals surface area contributed by atoms with E-state index in [4.69, 9.17) is 5.73 Å². The second-order valence-electron chi connectivity index (χ2n) is 3.91. The van der Waals surface area contributed by atoms with E-state index in [-0.39, 0.29) is 30.1 Å². The maximum Gasteiger partial charge on any atom is 0.254 e. The van der Waals surface area contributed by atoms with E-state index in [9.17, 15) is 19.5 Å². The van der Waals surface area contributed by atoms with Gasteiger partial charge >= 0.3 is 0 Å². The number of carbonyl (C=O) groups excluding carboxylic acids is 3. The summed E-state index contributed by atoms with van der Waals surface area (Å²) >= 11 is 0. The van der Waals surface area contributed by atoms with Crippen molar-refractivity contribution in [1.29, 1.82) is 0 Å². The first-order valence-corrected chi connectivity index (χ1v) is 5.18. The smallest absolute Gasteiger partial charge is 0.254 e. The molecule has 0 unspecified atom stereocenters. The van der Waals surface area contributed by atoms with Crippen molar-refractivity contribution in [3.63, 3.8) is 0 Å². The molecular weight excluding hydrogens is 238 g/mol. The number of nitrogens with zero attached hydrogens (tertiary/aromatic N) is 1. The Labute approximate surface area is 102 Å². The average Bonchev–Trinajstić information content (AvgIpc) is 2.30. The Balaban J connectivity index is 2.22. The Hall–Kier alpha value is -2.57. The molecule has 18 heavy (non-hydrogen) atoms. The molecule has 7 nitrogen and oxygen atoms in total. The molecule has 1 fully saturated rings. The van der Waals surface area contributed by atoms with Crippen LogP contribution >= 0.6 is 0 Å². The topological polar surface area (TPSA) is 113 Å². The fraction of sp³-hybridized carbons (Fsp3) is 0.182. The number of rotatable bonds is 1. The number of nitrogens with two attached hydrogens (primary N) is 1. The zero-order valence-corrected chi connectivity index (χ0v) is 9.34. The zero-order valence-electron chi connectivity index (χ0n) is 9.34. The number of nitrogens with one attached hydrogen (secondary N) is 1. The first-order valence-electron chi connectivity index (χ1n) is 5.18. The lowest BCUT2D eigenvalue weighted by atomic mass is 10.1. The number of benzene rings is 1. The highest BCUT2D eigenvalue weighted by Gasteiger charge is 2.27. The van der Waals surface area contributed by atoms with Crippen LogP contribution in [-0.4, -0.2) is 40.8 Å². The fourth-order valence-electron chi connectivity index (χ4n) is 1.64. The van der Waals surface area contributed by atoms with Crippen molar-refractivity contribution in [2.45, 2.75) is 0 Å². The second kappa shape index (κ2) is 4.36. The van der Waals surface area contributed by atoms with E-state index in [1.165, 1.54) is 18.2 Å². The summed E-state index contributed by atoms with van der Waals surface area (Å²) in [5.41, 5.74) is 5.74. The van der Waals surface area contributed by atoms with Crippen molar-refractivity contribution in [2.75, 3.05) is 18.8 Å². The Morgan fingerprint density at radius 2 is 1.89 bits per heavy atom. The molecule has 0 saturated carbocycles. The van der Waals surface area contributed by atoms with Crippen LogP contribution in [0.4, 0.5) is 5.69 Å². The first-order chi connectivity index (χ1) is 8.47. The molecule has 0 atom stereocenters. The summed E-state index contributed by atoms with van der Waals surface area (Å²) < 4.78 is 0. The number of imide groups is 1. The number of hydrogen-bond donors (Lipinski definition) is 3. The van der Waals surface area contributed by atoms with Crippen molar-refractivity contribution in [3.05, 3.63) is 23.8 Å². The summed E-state index contributed by atoms with van der Waals surface area (Å²) in [7, 11) is 0. The second-order valence-corrected chi connectivity index (χ2v) is 3.91. The quantitative estimate of drug-likeness (QED) is 0.338. The Morgan fingerprint density at radius 1 is 1.28 bits per heavy atom. The largest absolute Gasteiger partial charge is 0.506 e. The van der Waals surface area contributed by atoms with Gasteiger partial charge in [0.2, 0.25) is 11.8 Å². The van der Waals surface area contributed by atoms with Gasteiger partial charge in [-0.25, -0.2) is 0 Å². The molecule has 7 heteroatoms. The minimum atomic E-state index is -0.528. The van der Waals surface area contributed by atoms with E-state index in [2.05, 4.69) is 5.32 Å². The lowest BCUT2D eigenvalue weighted by Gasteiger charge is -2.25. The molecule has 0 bridgehead atoms. The Kier molecular flexibility index (Phi) is 2.88. The van der Waals surface area contributed by atoms with Gasteiger partial charge in [0.05, 0.1) is 5.69 Å². The number of phenols is 1. The molecule has 4 N–H and O–H groups in total. The maximum atomic E-state index is 12.0. The summed E-state index contributed by atoms with van der Waals surface area (Å²) in [4.78, 5) is 35.4. The van der Waals surface area contributed by atoms with Crippen molar-refractivity contribution in [3.8, 4) is 5.75 Å². The van der Waals surface area contributed by atoms with Gasteiger partial charge in [-0.2, -0.15) is 0 Å². The molecule has 0 aliphatic carbocycles. The highest BCUT2D eigenvalue weighted by Crippen LogP contribution is 2.21. The summed E-state index contributed by atoms with van der Waals surface area (Å²) in [6.45, 7) is -0.370. The Bertz CT molecular complexity index is 525. The SMILES string of the molecule is Nc1ccc(C(=O)N2CC(=O)NC(=O)C2)cc1O. The van der Waals surface area contributed by atoms with Gasteiger partial charge in [-0.3, -0.25) is 19.7 Å². The first kappa shape index (κ1) is 11.9. The van der Waals surface area contributed by atoms with Crippen molar-refractivity contribution < 1.29 is 19.5 Å². The lowest BCUT2D eigenvalue weighted by molar-refractivity contribution is -0.135. The van der Waals surface area contributed by atoms with E-state index in [1.54, 1.807) is 0 Å². The summed E-state index contributed by atoms with van der Waals surface area (Å²) in [5, 5.41) is 11.5. The fourth-order valence-corrected chi connectivity index (χ4v) is 1.64. The summed E-state index contributed by atoms with van der Waals surface area (Å²) in [6, 6.07) is 4.01. The molecule has 0 radical (unpaired) electrons. The molecule has 1 aromatic rings. The predicted octanol–water partition coefficient (Wildman–Crippen LogP) is -0.927. The molecule has 3 amide bonds. The van der Waals surface area contributed by atoms with Gasteiger partial charge < -0.3 is 15.7 Å². The van der Waals surface area contributed by atoms with Crippen LogP contribution < -0.4 is 11.1 Å². The van der Waals surface area contributed by atoms with E-state index in [0.29, 0.717) is 0 Å². The van der Waals surface area contributed by atoms with Gasteiger partial charge in [-0.15, -0.1) is 0 Å². The molecule has 1 aliphatic rings. The molecule has 1 aromatic carbocycles. The third-order valence-electron chi connectivity index (χ3n) is 2.51. The van der Waals surface area contributed by atoms with Crippen LogP contribution in [0.15, 0.2) is 18.2 Å². The van der Waals surface area contributed by atoms with Crippen LogP contribution in [0.3, 0.4) is 0 Å². The van der Waals surface area contributed by atoms with Crippen LogP contribution in [0.25, 0.3) is 0 Å². The number of hydrogen-bond acceptors (Lipinski definition) is 5. The third-order valence-corrected chi connectivity index (χ3v) is 2.51. The summed E-state index contributed by atoms with van der Waals surface area (Å²) in [6.07, 6.45) is 0. The van der Waals surface area contributed by atoms with E-state index in [1.807, 2.05) is 0 Å². The molecule has 94 valence electrons. The van der Waals surface area contributed by atoms with Crippen LogP contribution in [0.1, 0.15) is 10.4 Å². The van der Waals surface area contributed by atoms with E-state index in [0.717, 1.165) is 4.90 Å². The molecule has 0 aromatic heterocycles. The zero-order chi connectivity index (χ0) is 13.3. The standard InChI is InChI=1S/C11H11N3O4/c12-7-2-1-6(3-8(7)15)11(18)14-4-9(16)13-10(17)5-14/h1-3,15H,4-5,12H2,(H,13,16,17). The van der Waals surface area contributed by atoms with Crippen molar-refractivity contribution >= 4 is 23.4 Å². The van der Waals surface area contributed by atoms with Gasteiger partial charge in [0.1, 0.15) is 18.8 Å². The third kappa shape index (κ3) is 2.24. The average molecular weight is 249 g/mol. The van der Waals surface area contributed by atoms with Gasteiger partial charge in [-0.1, -0.05) is 0 Å². The highest BCUT2D eigenvalue weighted by atomic mass is 16.3. The minimum Gasteiger partial charge on any atom is -0.506 e. The van der Waals surface area contributed by atoms with Gasteiger partial charge in [0.15, 0.2) is 0 Å². The molecule has 1 heterocycles. The number of piperazine rings is 1. The van der Waals surface area contributed by atoms with E-state index < -0.39 is 17.7 Å². The number of carbonyl (C=O) groups is 3. The van der Waals surface area contributed by atoms with E-state index >= 15 is 0 Å². The number of anilines is 1. The predicted molar refractivity (Wildman–Crippen MR) is 61.6 cm³/mol. The number of nitrogen functional groups attached to an aromatic ring is 1. The van der Waals surface area contributed by atoms with Gasteiger partial charge in [-0.05, 0) is 18.2 Å². The van der Waals surface area contributed by atoms with Gasteiger partial charge in [0.25, 0.3) is 5.91 Å². The Morgan fingerprint density at radius 3 is 2.44 bits per heavy atom. The molecule has 2 rings (SSSR count). The molecular formula is C11H11N3O4. The van der Waals surface area contributed by atoms with Crippen molar-refractivity contribution in [1.82, 2.24) is 10.2 Å². The summed E-state index contributed by atoms with van der Waals surface area (Å²) in [5.74, 6) is -1.78. The molecule has 1 aliphatic heterocycles. The lowest BCUT2D eigenvalue weighted by Crippen LogP contribution is -2.53. The van der Waals surface area contributed by atoms with Crippen LogP contribution in [-0.2, 0) is 9.59 Å². The van der Waals surface area contributed by atoms with Crippen LogP contribution in [0.5, 0.6) is 5.75 Å². The van der Waals surface area contributed by atoms with Gasteiger partial charge in [0, 0.05) is 5.56 Å². The molecule has 1 saturated heterocycles. The highest BCUT2D eigenvalue weighted by molar-refractivity contribution is 6.05. The number of aromatic hydroxyl groups is 1. The molecule has 0 spiro atoms. The monoisotopic (exact) mass is 249 g/mol. The number of phenolic OH excluding ortho intramolecular Hbond substituents is 1. The number of amides is 3. The maximum absolute atomic E-state index is 12.0. The van der Waals surface area contributed by atoms with Crippen LogP contribution in [0, 0.1) is 0 Å². The normalized spacial score (nSPS) is 15.4. The van der Waals surface area contributed by atoms with Crippen molar-refractivity contribution in [2.24, 2.45) is 0 Å².